The van der Waals surface area contributed by atoms with Gasteiger partial charge in [0.05, 0.1) is 17.1 Å². The van der Waals surface area contributed by atoms with E-state index in [1.54, 1.807) is 0 Å². The lowest BCUT2D eigenvalue weighted by Gasteiger charge is -2.33. The number of anilines is 1. The van der Waals surface area contributed by atoms with Crippen LogP contribution < -0.4 is 10.4 Å². The van der Waals surface area contributed by atoms with Crippen molar-refractivity contribution in [3.05, 3.63) is 88.6 Å². The maximum absolute atomic E-state index is 13.0. The quantitative estimate of drug-likeness (QED) is 0.605. The molecular weight excluding hydrogens is 394 g/mol. The Bertz CT molecular complexity index is 953. The molecule has 2 heterocycles. The van der Waals surface area contributed by atoms with Crippen LogP contribution in [0.25, 0.3) is 0 Å². The van der Waals surface area contributed by atoms with Crippen LogP contribution in [0.1, 0.15) is 28.1 Å². The second kappa shape index (κ2) is 9.59. The molecule has 1 aliphatic rings. The molecule has 3 aromatic rings. The first-order valence-electron chi connectivity index (χ1n) is 10.2. The van der Waals surface area contributed by atoms with Crippen LogP contribution >= 0.6 is 11.3 Å². The summed E-state index contributed by atoms with van der Waals surface area (Å²) in [6.45, 7) is 1.81. The average Bonchev–Trinajstić information content (AvgIpc) is 3.34. The molecule has 0 aliphatic carbocycles. The van der Waals surface area contributed by atoms with Crippen LogP contribution in [0, 0.1) is 5.92 Å². The van der Waals surface area contributed by atoms with Gasteiger partial charge in [0.2, 0.25) is 5.91 Å². The molecule has 6 heteroatoms. The van der Waals surface area contributed by atoms with E-state index in [4.69, 9.17) is 0 Å². The molecule has 1 fully saturated rings. The minimum absolute atomic E-state index is 0.0120. The lowest BCUT2D eigenvalue weighted by Crippen LogP contribution is -2.48. The summed E-state index contributed by atoms with van der Waals surface area (Å²) < 4.78 is 0. The summed E-state index contributed by atoms with van der Waals surface area (Å²) in [7, 11) is 0. The molecule has 154 valence electrons. The minimum atomic E-state index is -0.0978. The van der Waals surface area contributed by atoms with Crippen molar-refractivity contribution in [1.29, 1.82) is 0 Å². The van der Waals surface area contributed by atoms with Gasteiger partial charge in [0.1, 0.15) is 0 Å². The molecular formula is C24H25N3O2S. The van der Waals surface area contributed by atoms with Crippen LogP contribution in [-0.4, -0.2) is 29.8 Å². The topological polar surface area (TPSA) is 52.7 Å². The molecule has 4 rings (SSSR count). The first kappa shape index (κ1) is 20.2. The fraction of sp³-hybridized carbons (Fsp3) is 0.250. The maximum Gasteiger partial charge on any atom is 0.263 e. The highest BCUT2D eigenvalue weighted by molar-refractivity contribution is 7.12. The molecule has 1 N–H and O–H groups in total. The largest absolute Gasteiger partial charge is 0.338 e. The van der Waals surface area contributed by atoms with Gasteiger partial charge in [0, 0.05) is 19.0 Å². The predicted octanol–water partition coefficient (Wildman–Crippen LogP) is 4.34. The first-order chi connectivity index (χ1) is 14.7. The van der Waals surface area contributed by atoms with Crippen LogP contribution in [0.5, 0.6) is 0 Å². The summed E-state index contributed by atoms with van der Waals surface area (Å²) >= 11 is 1.46. The monoisotopic (exact) mass is 419 g/mol. The average molecular weight is 420 g/mol. The van der Waals surface area contributed by atoms with Crippen LogP contribution in [0.15, 0.2) is 78.2 Å². The van der Waals surface area contributed by atoms with Crippen molar-refractivity contribution < 1.29 is 9.59 Å². The van der Waals surface area contributed by atoms with E-state index in [2.05, 4.69) is 17.6 Å². The first-order valence-corrected chi connectivity index (χ1v) is 11.1. The van der Waals surface area contributed by atoms with Gasteiger partial charge in [-0.05, 0) is 42.0 Å². The lowest BCUT2D eigenvalue weighted by atomic mass is 9.96. The smallest absolute Gasteiger partial charge is 0.263 e. The molecule has 0 unspecified atom stereocenters. The number of likely N-dealkylation sites (tertiary alicyclic amines) is 1. The van der Waals surface area contributed by atoms with Gasteiger partial charge in [-0.15, -0.1) is 11.3 Å². The predicted molar refractivity (Wildman–Crippen MR) is 120 cm³/mol. The zero-order valence-electron chi connectivity index (χ0n) is 16.7. The van der Waals surface area contributed by atoms with Crippen LogP contribution in [0.2, 0.25) is 0 Å². The van der Waals surface area contributed by atoms with Gasteiger partial charge in [-0.1, -0.05) is 54.6 Å². The van der Waals surface area contributed by atoms with E-state index in [0.717, 1.165) is 16.1 Å². The Morgan fingerprint density at radius 3 is 2.23 bits per heavy atom. The molecule has 2 amide bonds. The van der Waals surface area contributed by atoms with Crippen molar-refractivity contribution in [3.8, 4) is 0 Å². The van der Waals surface area contributed by atoms with E-state index in [1.165, 1.54) is 11.3 Å². The fourth-order valence-corrected chi connectivity index (χ4v) is 4.39. The molecule has 2 aromatic carbocycles. The summed E-state index contributed by atoms with van der Waals surface area (Å²) in [5, 5.41) is 3.82. The van der Waals surface area contributed by atoms with E-state index in [0.29, 0.717) is 32.5 Å². The van der Waals surface area contributed by atoms with Crippen molar-refractivity contribution in [2.24, 2.45) is 5.92 Å². The normalized spacial score (nSPS) is 14.3. The van der Waals surface area contributed by atoms with Gasteiger partial charge >= 0.3 is 0 Å². The zero-order chi connectivity index (χ0) is 20.8. The van der Waals surface area contributed by atoms with Crippen molar-refractivity contribution in [2.75, 3.05) is 18.1 Å². The number of thiophene rings is 1. The minimum Gasteiger partial charge on any atom is -0.338 e. The second-order valence-electron chi connectivity index (χ2n) is 7.43. The SMILES string of the molecule is O=C(NN(Cc1ccccc1)c1ccccc1)C1CCN(C(=O)c2cccs2)CC1. The molecule has 0 atom stereocenters. The van der Waals surface area contributed by atoms with E-state index >= 15 is 0 Å². The third-order valence-corrected chi connectivity index (χ3v) is 6.24. The summed E-state index contributed by atoms with van der Waals surface area (Å²) in [6, 6.07) is 23.7. The Morgan fingerprint density at radius 2 is 1.60 bits per heavy atom. The zero-order valence-corrected chi connectivity index (χ0v) is 17.6. The molecule has 5 nitrogen and oxygen atoms in total. The van der Waals surface area contributed by atoms with Gasteiger partial charge in [-0.25, -0.2) is 0 Å². The molecule has 0 spiro atoms. The number of carbonyl (C=O) groups excluding carboxylic acids is 2. The number of piperidine rings is 1. The lowest BCUT2D eigenvalue weighted by molar-refractivity contribution is -0.126. The fourth-order valence-electron chi connectivity index (χ4n) is 3.69. The third-order valence-electron chi connectivity index (χ3n) is 5.38. The standard InChI is InChI=1S/C24H25N3O2S/c28-23(20-13-15-26(16-14-20)24(29)22-12-7-17-30-22)25-27(21-10-5-2-6-11-21)18-19-8-3-1-4-9-19/h1-12,17,20H,13-16,18H2,(H,25,28). The van der Waals surface area contributed by atoms with Gasteiger partial charge < -0.3 is 4.90 Å². The van der Waals surface area contributed by atoms with Crippen LogP contribution in [-0.2, 0) is 11.3 Å². The van der Waals surface area contributed by atoms with E-state index < -0.39 is 0 Å². The number of benzene rings is 2. The molecule has 0 saturated carbocycles. The Morgan fingerprint density at radius 1 is 0.933 bits per heavy atom. The molecule has 30 heavy (non-hydrogen) atoms. The van der Waals surface area contributed by atoms with Crippen molar-refractivity contribution >= 4 is 28.8 Å². The van der Waals surface area contributed by atoms with E-state index in [9.17, 15) is 9.59 Å². The third kappa shape index (κ3) is 4.89. The molecule has 1 aromatic heterocycles. The van der Waals surface area contributed by atoms with Gasteiger partial charge in [-0.3, -0.25) is 20.0 Å². The number of hydrogen-bond donors (Lipinski definition) is 1. The molecule has 1 aliphatic heterocycles. The number of carbonyl (C=O) groups is 2. The number of hydrogen-bond acceptors (Lipinski definition) is 4. The van der Waals surface area contributed by atoms with Crippen LogP contribution in [0.4, 0.5) is 5.69 Å². The highest BCUT2D eigenvalue weighted by Crippen LogP contribution is 2.22. The van der Waals surface area contributed by atoms with Crippen molar-refractivity contribution in [1.82, 2.24) is 10.3 Å². The molecule has 1 saturated heterocycles. The number of para-hydroxylation sites is 1. The van der Waals surface area contributed by atoms with Crippen molar-refractivity contribution in [2.45, 2.75) is 19.4 Å². The maximum atomic E-state index is 13.0. The second-order valence-corrected chi connectivity index (χ2v) is 8.37. The Labute approximate surface area is 180 Å². The number of nitrogens with zero attached hydrogens (tertiary/aromatic N) is 2. The summed E-state index contributed by atoms with van der Waals surface area (Å²) in [4.78, 5) is 28.2. The number of amides is 2. The summed E-state index contributed by atoms with van der Waals surface area (Å²) in [6.07, 6.45) is 1.35. The number of rotatable bonds is 6. The molecule has 0 bridgehead atoms. The Kier molecular flexibility index (Phi) is 6.44. The highest BCUT2D eigenvalue weighted by Gasteiger charge is 2.29. The summed E-state index contributed by atoms with van der Waals surface area (Å²) in [5.41, 5.74) is 5.18. The Balaban J connectivity index is 1.39. The van der Waals surface area contributed by atoms with Crippen molar-refractivity contribution in [3.63, 3.8) is 0 Å². The van der Waals surface area contributed by atoms with Crippen LogP contribution in [0.3, 0.4) is 0 Å². The van der Waals surface area contributed by atoms with Gasteiger partial charge in [0.25, 0.3) is 5.91 Å². The van der Waals surface area contributed by atoms with Gasteiger partial charge in [-0.2, -0.15) is 0 Å². The van der Waals surface area contributed by atoms with Gasteiger partial charge in [0.15, 0.2) is 0 Å². The number of nitrogens with one attached hydrogen (secondary N) is 1. The highest BCUT2D eigenvalue weighted by atomic mass is 32.1. The number of hydrazine groups is 1. The Hall–Kier alpha value is -3.12. The van der Waals surface area contributed by atoms with E-state index in [-0.39, 0.29) is 17.7 Å². The molecule has 0 radical (unpaired) electrons. The van der Waals surface area contributed by atoms with E-state index in [1.807, 2.05) is 76.0 Å². The summed E-state index contributed by atoms with van der Waals surface area (Å²) in [5.74, 6) is -0.0174.